The van der Waals surface area contributed by atoms with E-state index in [1.807, 2.05) is 0 Å². The highest BCUT2D eigenvalue weighted by Gasteiger charge is 2.63. The molecule has 3 heterocycles. The summed E-state index contributed by atoms with van der Waals surface area (Å²) in [6.07, 6.45) is 1.98. The number of ether oxygens (including phenoxy) is 2. The van der Waals surface area contributed by atoms with Crippen LogP contribution in [-0.4, -0.2) is 31.3 Å². The fraction of sp³-hybridized carbons (Fsp3) is 0.292. The van der Waals surface area contributed by atoms with Gasteiger partial charge in [0.05, 0.1) is 18.4 Å². The molecule has 8 nitrogen and oxygen atoms in total. The van der Waals surface area contributed by atoms with Crippen LogP contribution in [-0.2, 0) is 29.3 Å². The summed E-state index contributed by atoms with van der Waals surface area (Å²) in [5, 5.41) is 0. The molecule has 2 N–H and O–H groups in total. The zero-order chi connectivity index (χ0) is 22.6. The molecule has 5 rings (SSSR count). The van der Waals surface area contributed by atoms with Crippen molar-refractivity contribution in [3.63, 3.8) is 0 Å². The molecule has 0 fully saturated rings. The molecule has 8 heteroatoms. The molecule has 2 atom stereocenters. The minimum atomic E-state index is -1.71. The zero-order valence-corrected chi connectivity index (χ0v) is 17.7. The summed E-state index contributed by atoms with van der Waals surface area (Å²) in [5.74, 6) is -1.06. The number of para-hydroxylation sites is 1. The van der Waals surface area contributed by atoms with Crippen LogP contribution >= 0.6 is 0 Å². The van der Waals surface area contributed by atoms with E-state index in [0.29, 0.717) is 23.4 Å². The number of carbonyl (C=O) groups is 3. The van der Waals surface area contributed by atoms with Gasteiger partial charge in [0.25, 0.3) is 0 Å². The first-order chi connectivity index (χ1) is 15.4. The molecule has 1 aromatic carbocycles. The molecule has 3 aliphatic rings. The van der Waals surface area contributed by atoms with E-state index in [9.17, 15) is 14.4 Å². The van der Waals surface area contributed by atoms with Crippen LogP contribution in [0.5, 0.6) is 0 Å². The van der Waals surface area contributed by atoms with Crippen LogP contribution in [0.2, 0.25) is 0 Å². The molecule has 0 bridgehead atoms. The van der Waals surface area contributed by atoms with E-state index < -0.39 is 17.3 Å². The predicted octanol–water partition coefficient (Wildman–Crippen LogP) is 2.66. The number of ketones is 1. The molecule has 0 saturated carbocycles. The summed E-state index contributed by atoms with van der Waals surface area (Å²) in [7, 11) is 1.61. The van der Waals surface area contributed by atoms with E-state index in [4.69, 9.17) is 19.6 Å². The maximum absolute atomic E-state index is 13.9. The monoisotopic (exact) mass is 434 g/mol. The predicted molar refractivity (Wildman–Crippen MR) is 113 cm³/mol. The summed E-state index contributed by atoms with van der Waals surface area (Å²) in [4.78, 5) is 42.1. The molecule has 1 spiro atoms. The Hall–Kier alpha value is -3.81. The Bertz CT molecular complexity index is 1210. The lowest BCUT2D eigenvalue weighted by Crippen LogP contribution is -2.51. The van der Waals surface area contributed by atoms with E-state index in [-0.39, 0.29) is 47.5 Å². The van der Waals surface area contributed by atoms with Gasteiger partial charge in [0, 0.05) is 37.1 Å². The number of hydrogen-bond donors (Lipinski definition) is 1. The maximum Gasteiger partial charge on any atom is 0.341 e. The largest absolute Gasteiger partial charge is 0.469 e. The number of benzene rings is 1. The van der Waals surface area contributed by atoms with Gasteiger partial charge in [0.15, 0.2) is 5.78 Å². The average molecular weight is 434 g/mol. The third kappa shape index (κ3) is 2.52. The van der Waals surface area contributed by atoms with Crippen molar-refractivity contribution in [3.05, 3.63) is 76.8 Å². The molecule has 2 aliphatic heterocycles. The third-order valence-corrected chi connectivity index (χ3v) is 6.37. The summed E-state index contributed by atoms with van der Waals surface area (Å²) >= 11 is 0. The van der Waals surface area contributed by atoms with E-state index in [1.165, 1.54) is 4.90 Å². The Morgan fingerprint density at radius 1 is 1.22 bits per heavy atom. The number of anilines is 1. The Balaban J connectivity index is 1.78. The highest BCUT2D eigenvalue weighted by Crippen LogP contribution is 2.56. The van der Waals surface area contributed by atoms with Crippen molar-refractivity contribution in [1.29, 1.82) is 0 Å². The first kappa shape index (κ1) is 20.1. The van der Waals surface area contributed by atoms with Crippen molar-refractivity contribution in [2.75, 3.05) is 18.6 Å². The molecule has 2 aromatic rings. The highest BCUT2D eigenvalue weighted by molar-refractivity contribution is 6.23. The van der Waals surface area contributed by atoms with Crippen molar-refractivity contribution in [2.45, 2.75) is 31.1 Å². The summed E-state index contributed by atoms with van der Waals surface area (Å²) < 4.78 is 16.6. The van der Waals surface area contributed by atoms with Crippen LogP contribution in [0.1, 0.15) is 37.0 Å². The van der Waals surface area contributed by atoms with E-state index in [1.54, 1.807) is 56.6 Å². The molecule has 1 aromatic heterocycles. The van der Waals surface area contributed by atoms with Crippen LogP contribution in [0.3, 0.4) is 0 Å². The molecule has 164 valence electrons. The van der Waals surface area contributed by atoms with Crippen LogP contribution in [0.15, 0.2) is 69.9 Å². The normalized spacial score (nSPS) is 24.6. The molecule has 32 heavy (non-hydrogen) atoms. The molecule has 1 aliphatic carbocycles. The lowest BCUT2D eigenvalue weighted by molar-refractivity contribution is -0.141. The van der Waals surface area contributed by atoms with Crippen molar-refractivity contribution in [1.82, 2.24) is 0 Å². The fourth-order valence-corrected chi connectivity index (χ4v) is 5.11. The van der Waals surface area contributed by atoms with Crippen LogP contribution in [0.25, 0.3) is 0 Å². The molecule has 2 unspecified atom stereocenters. The van der Waals surface area contributed by atoms with Gasteiger partial charge in [-0.05, 0) is 25.1 Å². The fourth-order valence-electron chi connectivity index (χ4n) is 5.11. The highest BCUT2D eigenvalue weighted by atomic mass is 16.5. The number of likely N-dealkylation sites (N-methyl/N-ethyl adjacent to an activating group) is 1. The van der Waals surface area contributed by atoms with Gasteiger partial charge >= 0.3 is 5.97 Å². The van der Waals surface area contributed by atoms with Gasteiger partial charge in [-0.2, -0.15) is 0 Å². The standard InChI is InChI=1S/C24H22N2O6/c1-3-30-22(28)20-21(25)32-18-12-13(17-9-6-10-31-17)11-16(27)19(18)24(20)14-7-4-5-8-15(14)26(2)23(24)29/h4-10,13H,3,11-12,25H2,1-2H3. The molecule has 0 radical (unpaired) electrons. The third-order valence-electron chi connectivity index (χ3n) is 6.37. The van der Waals surface area contributed by atoms with E-state index >= 15 is 0 Å². The average Bonchev–Trinajstić information content (AvgIpc) is 3.37. The first-order valence-electron chi connectivity index (χ1n) is 10.4. The number of rotatable bonds is 3. The maximum atomic E-state index is 13.9. The van der Waals surface area contributed by atoms with E-state index in [0.717, 1.165) is 0 Å². The van der Waals surface area contributed by atoms with Crippen LogP contribution < -0.4 is 10.6 Å². The number of amides is 1. The number of nitrogens with two attached hydrogens (primary N) is 1. The lowest BCUT2D eigenvalue weighted by atomic mass is 9.63. The number of nitrogens with zero attached hydrogens (tertiary/aromatic N) is 1. The summed E-state index contributed by atoms with van der Waals surface area (Å²) in [6.45, 7) is 1.74. The first-order valence-corrected chi connectivity index (χ1v) is 10.4. The van der Waals surface area contributed by atoms with E-state index in [2.05, 4.69) is 0 Å². The lowest BCUT2D eigenvalue weighted by Gasteiger charge is -2.40. The van der Waals surface area contributed by atoms with Gasteiger partial charge in [-0.25, -0.2) is 4.79 Å². The SMILES string of the molecule is CCOC(=O)C1=C(N)OC2=C(C(=O)CC(c3ccco3)C2)C12C(=O)N(C)c1ccccc12. The van der Waals surface area contributed by atoms with Gasteiger partial charge < -0.3 is 24.5 Å². The molecule has 1 amide bonds. The molecular formula is C24H22N2O6. The van der Waals surface area contributed by atoms with Gasteiger partial charge in [0.1, 0.15) is 22.5 Å². The number of furan rings is 1. The number of esters is 1. The minimum absolute atomic E-state index is 0.0811. The number of hydrogen-bond acceptors (Lipinski definition) is 7. The number of Topliss-reactive ketones (excluding diaryl/α,β-unsaturated/α-hetero) is 1. The van der Waals surface area contributed by atoms with Crippen LogP contribution in [0, 0.1) is 0 Å². The second kappa shape index (κ2) is 7.12. The number of carbonyl (C=O) groups excluding carboxylic acids is 3. The topological polar surface area (TPSA) is 112 Å². The Labute approximate surface area is 184 Å². The number of fused-ring (bicyclic) bond motifs is 3. The second-order valence-corrected chi connectivity index (χ2v) is 8.04. The van der Waals surface area contributed by atoms with Gasteiger partial charge in [-0.15, -0.1) is 0 Å². The summed E-state index contributed by atoms with van der Waals surface area (Å²) in [6, 6.07) is 10.6. The second-order valence-electron chi connectivity index (χ2n) is 8.04. The summed E-state index contributed by atoms with van der Waals surface area (Å²) in [5.41, 5.74) is 5.67. The molecule has 0 saturated heterocycles. The number of allylic oxidation sites excluding steroid dienone is 1. The van der Waals surface area contributed by atoms with Crippen molar-refractivity contribution in [3.8, 4) is 0 Å². The minimum Gasteiger partial charge on any atom is -0.469 e. The van der Waals surface area contributed by atoms with Crippen LogP contribution in [0.4, 0.5) is 5.69 Å². The van der Waals surface area contributed by atoms with Crippen molar-refractivity contribution >= 4 is 23.3 Å². The quantitative estimate of drug-likeness (QED) is 0.739. The van der Waals surface area contributed by atoms with Gasteiger partial charge in [-0.3, -0.25) is 9.59 Å². The van der Waals surface area contributed by atoms with Gasteiger partial charge in [0.2, 0.25) is 11.8 Å². The molecular weight excluding hydrogens is 412 g/mol. The van der Waals surface area contributed by atoms with Gasteiger partial charge in [-0.1, -0.05) is 18.2 Å². The van der Waals surface area contributed by atoms with Crippen molar-refractivity contribution < 1.29 is 28.3 Å². The Morgan fingerprint density at radius 3 is 2.72 bits per heavy atom. The zero-order valence-electron chi connectivity index (χ0n) is 17.7. The smallest absolute Gasteiger partial charge is 0.341 e. The Morgan fingerprint density at radius 2 is 2.00 bits per heavy atom. The van der Waals surface area contributed by atoms with Crippen molar-refractivity contribution in [2.24, 2.45) is 5.73 Å². The Kier molecular flexibility index (Phi) is 4.47.